The predicted octanol–water partition coefficient (Wildman–Crippen LogP) is 2.80. The molecule has 2 aromatic carbocycles. The number of benzene rings is 2. The third kappa shape index (κ3) is 5.55. The van der Waals surface area contributed by atoms with Crippen molar-refractivity contribution in [1.82, 2.24) is 4.31 Å². The normalized spacial score (nSPS) is 11.8. The average molecular weight is 359 g/mol. The maximum atomic E-state index is 11.9. The van der Waals surface area contributed by atoms with Crippen LogP contribution in [-0.4, -0.2) is 45.1 Å². The molecule has 0 bridgehead atoms. The minimum absolute atomic E-state index is 0.180. The topological polar surface area (TPSA) is 63.7 Å². The summed E-state index contributed by atoms with van der Waals surface area (Å²) in [6, 6.07) is 18.0. The van der Waals surface area contributed by atoms with E-state index in [0.717, 1.165) is 28.1 Å². The van der Waals surface area contributed by atoms with Crippen LogP contribution in [0.1, 0.15) is 5.56 Å². The van der Waals surface area contributed by atoms with Crippen LogP contribution >= 0.6 is 0 Å². The van der Waals surface area contributed by atoms with Crippen LogP contribution in [0.25, 0.3) is 17.2 Å². The van der Waals surface area contributed by atoms with Gasteiger partial charge in [-0.15, -0.1) is 0 Å². The Morgan fingerprint density at radius 2 is 1.64 bits per heavy atom. The second-order valence-electron chi connectivity index (χ2n) is 5.50. The molecule has 25 heavy (non-hydrogen) atoms. The summed E-state index contributed by atoms with van der Waals surface area (Å²) in [5.41, 5.74) is 3.24. The van der Waals surface area contributed by atoms with Crippen molar-refractivity contribution in [2.24, 2.45) is 0 Å². The average Bonchev–Trinajstić information content (AvgIpc) is 2.62. The number of nitrogens with zero attached hydrogens (tertiary/aromatic N) is 1. The number of ether oxygens (including phenoxy) is 1. The summed E-state index contributed by atoms with van der Waals surface area (Å²) in [6.07, 6.45) is 3.59. The molecule has 0 atom stereocenters. The van der Waals surface area contributed by atoms with Crippen LogP contribution in [0.4, 0.5) is 0 Å². The summed E-state index contributed by atoms with van der Waals surface area (Å²) in [4.78, 5) is 11.1. The Balaban J connectivity index is 1.97. The predicted molar refractivity (Wildman–Crippen MR) is 99.3 cm³/mol. The van der Waals surface area contributed by atoms with Gasteiger partial charge in [-0.3, -0.25) is 4.79 Å². The van der Waals surface area contributed by atoms with E-state index in [2.05, 4.69) is 4.74 Å². The van der Waals surface area contributed by atoms with Gasteiger partial charge in [-0.25, -0.2) is 12.7 Å². The minimum Gasteiger partial charge on any atom is -0.468 e. The zero-order valence-corrected chi connectivity index (χ0v) is 15.1. The molecule has 0 unspecified atom stereocenters. The Morgan fingerprint density at radius 3 is 2.24 bits per heavy atom. The molecule has 0 saturated heterocycles. The van der Waals surface area contributed by atoms with Gasteiger partial charge in [0.1, 0.15) is 0 Å². The van der Waals surface area contributed by atoms with E-state index >= 15 is 0 Å². The first-order chi connectivity index (χ1) is 11.9. The SMILES string of the molecule is COC(=O)CS(=O)(=O)N(C)C/C=C/c1ccc(-c2ccccc2)cc1. The van der Waals surface area contributed by atoms with Crippen LogP contribution in [0.15, 0.2) is 60.7 Å². The molecule has 0 heterocycles. The van der Waals surface area contributed by atoms with Crippen LogP contribution in [-0.2, 0) is 19.6 Å². The molecule has 0 aliphatic heterocycles. The van der Waals surface area contributed by atoms with Crippen LogP contribution in [0.3, 0.4) is 0 Å². The largest absolute Gasteiger partial charge is 0.468 e. The standard InChI is InChI=1S/C19H21NO4S/c1-20(25(22,23)15-19(21)24-2)14-6-7-16-10-12-18(13-11-16)17-8-4-3-5-9-17/h3-13H,14-15H2,1-2H3/b7-6+. The second kappa shape index (κ2) is 8.60. The first-order valence-corrected chi connectivity index (χ1v) is 9.36. The molecule has 0 fully saturated rings. The number of likely N-dealkylation sites (N-methyl/N-ethyl adjacent to an activating group) is 1. The second-order valence-corrected chi connectivity index (χ2v) is 7.58. The number of carbonyl (C=O) groups excluding carboxylic acids is 1. The van der Waals surface area contributed by atoms with E-state index in [4.69, 9.17) is 0 Å². The van der Waals surface area contributed by atoms with Crippen LogP contribution < -0.4 is 0 Å². The van der Waals surface area contributed by atoms with Gasteiger partial charge >= 0.3 is 5.97 Å². The van der Waals surface area contributed by atoms with Crippen molar-refractivity contribution >= 4 is 22.1 Å². The molecule has 0 aliphatic carbocycles. The monoisotopic (exact) mass is 359 g/mol. The van der Waals surface area contributed by atoms with Crippen molar-refractivity contribution in [3.63, 3.8) is 0 Å². The summed E-state index contributed by atoms with van der Waals surface area (Å²) < 4.78 is 29.4. The zero-order valence-electron chi connectivity index (χ0n) is 14.3. The highest BCUT2D eigenvalue weighted by Crippen LogP contribution is 2.19. The van der Waals surface area contributed by atoms with E-state index in [1.54, 1.807) is 6.08 Å². The molecule has 0 aliphatic rings. The van der Waals surface area contributed by atoms with E-state index < -0.39 is 21.7 Å². The molecule has 6 heteroatoms. The van der Waals surface area contributed by atoms with Gasteiger partial charge in [-0.2, -0.15) is 0 Å². The third-order valence-electron chi connectivity index (χ3n) is 3.69. The smallest absolute Gasteiger partial charge is 0.322 e. The first kappa shape index (κ1) is 18.9. The van der Waals surface area contributed by atoms with Crippen molar-refractivity contribution in [2.75, 3.05) is 26.5 Å². The number of hydrogen-bond donors (Lipinski definition) is 0. The van der Waals surface area contributed by atoms with Gasteiger partial charge in [0.05, 0.1) is 7.11 Å². The molecular weight excluding hydrogens is 338 g/mol. The number of carbonyl (C=O) groups is 1. The summed E-state index contributed by atoms with van der Waals surface area (Å²) in [6.45, 7) is 0.180. The van der Waals surface area contributed by atoms with Gasteiger partial charge in [-0.1, -0.05) is 66.7 Å². The van der Waals surface area contributed by atoms with E-state index in [1.807, 2.05) is 60.7 Å². The summed E-state index contributed by atoms with van der Waals surface area (Å²) in [5, 5.41) is 0. The van der Waals surface area contributed by atoms with Gasteiger partial charge in [0, 0.05) is 13.6 Å². The Morgan fingerprint density at radius 1 is 1.04 bits per heavy atom. The molecule has 2 aromatic rings. The lowest BCUT2D eigenvalue weighted by Crippen LogP contribution is -2.32. The Kier molecular flexibility index (Phi) is 6.50. The molecule has 0 amide bonds. The van der Waals surface area contributed by atoms with Crippen molar-refractivity contribution in [1.29, 1.82) is 0 Å². The summed E-state index contributed by atoms with van der Waals surface area (Å²) in [7, 11) is -1.07. The summed E-state index contributed by atoms with van der Waals surface area (Å²) >= 11 is 0. The molecule has 5 nitrogen and oxygen atoms in total. The number of rotatable bonds is 7. The van der Waals surface area contributed by atoms with Crippen LogP contribution in [0.2, 0.25) is 0 Å². The van der Waals surface area contributed by atoms with Crippen LogP contribution in [0.5, 0.6) is 0 Å². The number of hydrogen-bond acceptors (Lipinski definition) is 4. The molecule has 2 rings (SSSR count). The molecule has 132 valence electrons. The van der Waals surface area contributed by atoms with E-state index in [0.29, 0.717) is 0 Å². The highest BCUT2D eigenvalue weighted by molar-refractivity contribution is 7.89. The maximum Gasteiger partial charge on any atom is 0.322 e. The number of methoxy groups -OCH3 is 1. The quantitative estimate of drug-likeness (QED) is 0.713. The minimum atomic E-state index is -3.66. The van der Waals surface area contributed by atoms with Gasteiger partial charge in [0.15, 0.2) is 5.75 Å². The highest BCUT2D eigenvalue weighted by atomic mass is 32.2. The number of esters is 1. The molecule has 0 aromatic heterocycles. The third-order valence-corrected chi connectivity index (χ3v) is 5.39. The lowest BCUT2D eigenvalue weighted by Gasteiger charge is -2.14. The molecule has 0 N–H and O–H groups in total. The summed E-state index contributed by atoms with van der Waals surface area (Å²) in [5.74, 6) is -1.42. The fraction of sp³-hybridized carbons (Fsp3) is 0.211. The van der Waals surface area contributed by atoms with Gasteiger partial charge in [-0.05, 0) is 16.7 Å². The van der Waals surface area contributed by atoms with Gasteiger partial charge < -0.3 is 4.74 Å². The van der Waals surface area contributed by atoms with Crippen LogP contribution in [0, 0.1) is 0 Å². The molecule has 0 saturated carbocycles. The molecule has 0 radical (unpaired) electrons. The fourth-order valence-corrected chi connectivity index (χ4v) is 3.14. The van der Waals surface area contributed by atoms with E-state index in [1.165, 1.54) is 7.05 Å². The lowest BCUT2D eigenvalue weighted by molar-refractivity contribution is -0.137. The lowest BCUT2D eigenvalue weighted by atomic mass is 10.0. The van der Waals surface area contributed by atoms with E-state index in [9.17, 15) is 13.2 Å². The van der Waals surface area contributed by atoms with Crippen molar-refractivity contribution in [2.45, 2.75) is 0 Å². The van der Waals surface area contributed by atoms with Crippen molar-refractivity contribution < 1.29 is 17.9 Å². The fourth-order valence-electron chi connectivity index (χ4n) is 2.19. The number of sulfonamides is 1. The molecular formula is C19H21NO4S. The Hall–Kier alpha value is -2.44. The van der Waals surface area contributed by atoms with E-state index in [-0.39, 0.29) is 6.54 Å². The van der Waals surface area contributed by atoms with Crippen molar-refractivity contribution in [3.05, 3.63) is 66.2 Å². The van der Waals surface area contributed by atoms with Gasteiger partial charge in [0.25, 0.3) is 0 Å². The highest BCUT2D eigenvalue weighted by Gasteiger charge is 2.21. The maximum absolute atomic E-state index is 11.9. The Bertz CT molecular complexity index is 827. The molecule has 0 spiro atoms. The van der Waals surface area contributed by atoms with Gasteiger partial charge in [0.2, 0.25) is 10.0 Å². The Labute approximate surface area is 148 Å². The van der Waals surface area contributed by atoms with Crippen molar-refractivity contribution in [3.8, 4) is 11.1 Å². The zero-order chi connectivity index (χ0) is 18.3. The first-order valence-electron chi connectivity index (χ1n) is 7.75.